The van der Waals surface area contributed by atoms with Crippen LogP contribution in [0.15, 0.2) is 0 Å². The van der Waals surface area contributed by atoms with Crippen molar-refractivity contribution in [3.8, 4) is 0 Å². The van der Waals surface area contributed by atoms with Crippen LogP contribution in [0.3, 0.4) is 0 Å². The largest absolute Gasteiger partial charge is 0.469 e. The van der Waals surface area contributed by atoms with Crippen LogP contribution in [0.5, 0.6) is 0 Å². The van der Waals surface area contributed by atoms with Crippen LogP contribution in [-0.2, 0) is 9.53 Å². The minimum atomic E-state index is -0.130. The predicted molar refractivity (Wildman–Crippen MR) is 60.5 cm³/mol. The first kappa shape index (κ1) is 12.5. The fourth-order valence-corrected chi connectivity index (χ4v) is 1.77. The zero-order valence-corrected chi connectivity index (χ0v) is 10.2. The Morgan fingerprint density at radius 3 is 2.47 bits per heavy atom. The minimum Gasteiger partial charge on any atom is -0.469 e. The molecule has 3 heteroatoms. The summed E-state index contributed by atoms with van der Waals surface area (Å²) in [6, 6.07) is 0.193. The van der Waals surface area contributed by atoms with Crippen molar-refractivity contribution < 1.29 is 9.53 Å². The quantitative estimate of drug-likeness (QED) is 0.684. The number of hydrogen-bond acceptors (Lipinski definition) is 3. The molecule has 1 saturated carbocycles. The van der Waals surface area contributed by atoms with Gasteiger partial charge in [-0.05, 0) is 38.1 Å². The molecule has 0 radical (unpaired) electrons. The van der Waals surface area contributed by atoms with Crippen molar-refractivity contribution in [3.63, 3.8) is 0 Å². The summed E-state index contributed by atoms with van der Waals surface area (Å²) in [7, 11) is 1.44. The van der Waals surface area contributed by atoms with E-state index in [1.807, 2.05) is 13.8 Å². The molecule has 0 saturated heterocycles. The van der Waals surface area contributed by atoms with Crippen LogP contribution in [0.4, 0.5) is 0 Å². The van der Waals surface area contributed by atoms with E-state index >= 15 is 0 Å². The lowest BCUT2D eigenvalue weighted by Crippen LogP contribution is -2.39. The van der Waals surface area contributed by atoms with Gasteiger partial charge in [-0.15, -0.1) is 0 Å². The van der Waals surface area contributed by atoms with E-state index < -0.39 is 0 Å². The molecule has 0 aromatic heterocycles. The topological polar surface area (TPSA) is 38.3 Å². The Balaban J connectivity index is 2.21. The Bertz CT molecular complexity index is 214. The van der Waals surface area contributed by atoms with Crippen LogP contribution in [0, 0.1) is 17.8 Å². The van der Waals surface area contributed by atoms with E-state index in [1.54, 1.807) is 0 Å². The molecule has 3 atom stereocenters. The van der Waals surface area contributed by atoms with Crippen LogP contribution in [0.2, 0.25) is 0 Å². The zero-order chi connectivity index (χ0) is 11.4. The van der Waals surface area contributed by atoms with Gasteiger partial charge in [-0.1, -0.05) is 13.8 Å². The van der Waals surface area contributed by atoms with Gasteiger partial charge in [-0.2, -0.15) is 0 Å². The Hall–Kier alpha value is -0.570. The molecule has 1 fully saturated rings. The van der Waals surface area contributed by atoms with E-state index in [2.05, 4.69) is 12.2 Å². The minimum absolute atomic E-state index is 0.0681. The standard InChI is InChI=1S/C12H23NO2/c1-8(11-5-6-11)7-13-10(3)9(2)12(14)15-4/h8-11,13H,5-7H2,1-4H3. The molecule has 1 aliphatic rings. The van der Waals surface area contributed by atoms with E-state index in [9.17, 15) is 4.79 Å². The van der Waals surface area contributed by atoms with Gasteiger partial charge in [0.05, 0.1) is 13.0 Å². The maximum absolute atomic E-state index is 11.3. The summed E-state index contributed by atoms with van der Waals surface area (Å²) in [6.45, 7) is 7.24. The molecule has 0 spiro atoms. The number of rotatable bonds is 6. The smallest absolute Gasteiger partial charge is 0.309 e. The number of hydrogen-bond donors (Lipinski definition) is 1. The second kappa shape index (κ2) is 5.50. The maximum atomic E-state index is 11.3. The molecule has 3 unspecified atom stereocenters. The second-order valence-corrected chi connectivity index (χ2v) is 4.82. The lowest BCUT2D eigenvalue weighted by atomic mass is 10.0. The van der Waals surface area contributed by atoms with E-state index in [4.69, 9.17) is 4.74 Å². The number of carbonyl (C=O) groups excluding carboxylic acids is 1. The third-order valence-corrected chi connectivity index (χ3v) is 3.51. The first-order chi connectivity index (χ1) is 7.06. The Labute approximate surface area is 92.6 Å². The molecule has 0 bridgehead atoms. The molecule has 0 heterocycles. The highest BCUT2D eigenvalue weighted by Crippen LogP contribution is 2.36. The molecule has 15 heavy (non-hydrogen) atoms. The molecular weight excluding hydrogens is 190 g/mol. The molecule has 0 aromatic rings. The Kier molecular flexibility index (Phi) is 4.58. The number of esters is 1. The number of nitrogens with one attached hydrogen (secondary N) is 1. The van der Waals surface area contributed by atoms with Crippen molar-refractivity contribution in [1.29, 1.82) is 0 Å². The van der Waals surface area contributed by atoms with E-state index in [1.165, 1.54) is 20.0 Å². The number of methoxy groups -OCH3 is 1. The van der Waals surface area contributed by atoms with Crippen LogP contribution >= 0.6 is 0 Å². The molecule has 1 N–H and O–H groups in total. The highest BCUT2D eigenvalue weighted by Gasteiger charge is 2.28. The van der Waals surface area contributed by atoms with E-state index in [0.29, 0.717) is 0 Å². The van der Waals surface area contributed by atoms with Crippen molar-refractivity contribution in [1.82, 2.24) is 5.32 Å². The molecule has 3 nitrogen and oxygen atoms in total. The van der Waals surface area contributed by atoms with Crippen LogP contribution in [-0.4, -0.2) is 25.7 Å². The van der Waals surface area contributed by atoms with Gasteiger partial charge in [-0.3, -0.25) is 4.79 Å². The van der Waals surface area contributed by atoms with Crippen molar-refractivity contribution >= 4 is 5.97 Å². The molecule has 1 rings (SSSR count). The number of ether oxygens (including phenoxy) is 1. The predicted octanol–water partition coefficient (Wildman–Crippen LogP) is 1.82. The van der Waals surface area contributed by atoms with Crippen molar-refractivity contribution in [3.05, 3.63) is 0 Å². The molecule has 1 aliphatic carbocycles. The summed E-state index contributed by atoms with van der Waals surface area (Å²) in [5.74, 6) is 1.45. The highest BCUT2D eigenvalue weighted by atomic mass is 16.5. The summed E-state index contributed by atoms with van der Waals surface area (Å²) in [6.07, 6.45) is 2.76. The van der Waals surface area contributed by atoms with Crippen LogP contribution < -0.4 is 5.32 Å². The van der Waals surface area contributed by atoms with Gasteiger partial charge in [0.1, 0.15) is 0 Å². The molecule has 88 valence electrons. The Morgan fingerprint density at radius 2 is 2.00 bits per heavy atom. The van der Waals surface area contributed by atoms with Crippen LogP contribution in [0.1, 0.15) is 33.6 Å². The highest BCUT2D eigenvalue weighted by molar-refractivity contribution is 5.72. The summed E-state index contributed by atoms with van der Waals surface area (Å²) in [5.41, 5.74) is 0. The monoisotopic (exact) mass is 213 g/mol. The van der Waals surface area contributed by atoms with Gasteiger partial charge in [0.25, 0.3) is 0 Å². The summed E-state index contributed by atoms with van der Waals surface area (Å²) < 4.78 is 4.72. The normalized spacial score (nSPS) is 21.9. The Morgan fingerprint density at radius 1 is 1.40 bits per heavy atom. The summed E-state index contributed by atoms with van der Waals surface area (Å²) in [4.78, 5) is 11.3. The maximum Gasteiger partial charge on any atom is 0.309 e. The lowest BCUT2D eigenvalue weighted by Gasteiger charge is -2.21. The third kappa shape index (κ3) is 3.82. The zero-order valence-electron chi connectivity index (χ0n) is 10.2. The summed E-state index contributed by atoms with van der Waals surface area (Å²) in [5, 5.41) is 3.42. The van der Waals surface area contributed by atoms with Gasteiger partial charge in [0.2, 0.25) is 0 Å². The fourth-order valence-electron chi connectivity index (χ4n) is 1.77. The molecule has 0 aromatic carbocycles. The van der Waals surface area contributed by atoms with E-state index in [0.717, 1.165) is 18.4 Å². The average molecular weight is 213 g/mol. The van der Waals surface area contributed by atoms with Gasteiger partial charge in [0, 0.05) is 6.04 Å². The van der Waals surface area contributed by atoms with Gasteiger partial charge >= 0.3 is 5.97 Å². The van der Waals surface area contributed by atoms with Gasteiger partial charge < -0.3 is 10.1 Å². The van der Waals surface area contributed by atoms with Crippen LogP contribution in [0.25, 0.3) is 0 Å². The van der Waals surface area contributed by atoms with Crippen molar-refractivity contribution in [2.24, 2.45) is 17.8 Å². The van der Waals surface area contributed by atoms with Gasteiger partial charge in [-0.25, -0.2) is 0 Å². The second-order valence-electron chi connectivity index (χ2n) is 4.82. The average Bonchev–Trinajstić information content (AvgIpc) is 3.06. The fraction of sp³-hybridized carbons (Fsp3) is 0.917. The number of carbonyl (C=O) groups is 1. The first-order valence-electron chi connectivity index (χ1n) is 5.87. The summed E-state index contributed by atoms with van der Waals surface area (Å²) >= 11 is 0. The molecular formula is C12H23NO2. The third-order valence-electron chi connectivity index (χ3n) is 3.51. The van der Waals surface area contributed by atoms with Gasteiger partial charge in [0.15, 0.2) is 0 Å². The van der Waals surface area contributed by atoms with E-state index in [-0.39, 0.29) is 17.9 Å². The first-order valence-corrected chi connectivity index (χ1v) is 5.87. The van der Waals surface area contributed by atoms with Crippen molar-refractivity contribution in [2.75, 3.05) is 13.7 Å². The molecule has 0 aliphatic heterocycles. The van der Waals surface area contributed by atoms with Crippen molar-refractivity contribution in [2.45, 2.75) is 39.7 Å². The molecule has 0 amide bonds. The SMILES string of the molecule is COC(=O)C(C)C(C)NCC(C)C1CC1. The lowest BCUT2D eigenvalue weighted by molar-refractivity contribution is -0.145.